The smallest absolute Gasteiger partial charge is 0.243 e. The van der Waals surface area contributed by atoms with Crippen LogP contribution in [0.15, 0.2) is 83.8 Å². The number of carbonyl (C=O) groups is 2. The summed E-state index contributed by atoms with van der Waals surface area (Å²) in [6, 6.07) is 25.6. The van der Waals surface area contributed by atoms with Gasteiger partial charge in [0.05, 0.1) is 5.75 Å². The second-order valence-corrected chi connectivity index (χ2v) is 10.1. The number of benzene rings is 3. The van der Waals surface area contributed by atoms with Gasteiger partial charge in [0.1, 0.15) is 6.04 Å². The van der Waals surface area contributed by atoms with E-state index in [1.165, 1.54) is 17.3 Å². The van der Waals surface area contributed by atoms with Crippen LogP contribution in [-0.4, -0.2) is 34.6 Å². The number of amides is 2. The number of nitrogens with zero attached hydrogens (tertiary/aromatic N) is 1. The van der Waals surface area contributed by atoms with Crippen molar-refractivity contribution in [3.63, 3.8) is 0 Å². The average molecular weight is 489 g/mol. The molecule has 0 saturated heterocycles. The lowest BCUT2D eigenvalue weighted by Gasteiger charge is -2.32. The summed E-state index contributed by atoms with van der Waals surface area (Å²) in [5.74, 6) is 0.126. The van der Waals surface area contributed by atoms with Crippen LogP contribution in [0.2, 0.25) is 0 Å². The summed E-state index contributed by atoms with van der Waals surface area (Å²) in [5, 5.41) is 3.13. The molecule has 3 rings (SSSR count). The number of hydrogen-bond acceptors (Lipinski definition) is 3. The van der Waals surface area contributed by atoms with E-state index in [-0.39, 0.29) is 23.6 Å². The molecule has 0 aliphatic carbocycles. The van der Waals surface area contributed by atoms with Crippen molar-refractivity contribution in [1.29, 1.82) is 0 Å². The average Bonchev–Trinajstić information content (AvgIpc) is 2.87. The molecule has 3 aromatic carbocycles. The molecule has 0 radical (unpaired) electrons. The molecule has 5 heteroatoms. The Balaban J connectivity index is 1.91. The zero-order chi connectivity index (χ0) is 25.2. The van der Waals surface area contributed by atoms with Crippen molar-refractivity contribution in [2.75, 3.05) is 5.75 Å². The van der Waals surface area contributed by atoms with Gasteiger partial charge < -0.3 is 10.2 Å². The molecule has 35 heavy (non-hydrogen) atoms. The highest BCUT2D eigenvalue weighted by atomic mass is 32.2. The molecule has 0 bridgehead atoms. The molecule has 0 aliphatic rings. The van der Waals surface area contributed by atoms with Gasteiger partial charge in [0.25, 0.3) is 0 Å². The molecule has 2 atom stereocenters. The summed E-state index contributed by atoms with van der Waals surface area (Å²) < 4.78 is 0. The second kappa shape index (κ2) is 13.1. The number of carbonyl (C=O) groups excluding carboxylic acids is 2. The fourth-order valence-corrected chi connectivity index (χ4v) is 4.61. The van der Waals surface area contributed by atoms with E-state index in [1.807, 2.05) is 94.4 Å². The maximum Gasteiger partial charge on any atom is 0.243 e. The molecule has 1 N–H and O–H groups in total. The SMILES string of the molecule is CC[C@H](C)NC(=O)[C@@H](Cc1ccccc1)N(Cc1ccccc1C)C(=O)CSc1ccc(C)cc1. The Bertz CT molecular complexity index is 1100. The van der Waals surface area contributed by atoms with Crippen molar-refractivity contribution in [3.05, 3.63) is 101 Å². The van der Waals surface area contributed by atoms with E-state index < -0.39 is 6.04 Å². The van der Waals surface area contributed by atoms with Crippen LogP contribution in [0.1, 0.15) is 42.5 Å². The first-order chi connectivity index (χ1) is 16.9. The lowest BCUT2D eigenvalue weighted by atomic mass is 10.0. The van der Waals surface area contributed by atoms with Gasteiger partial charge in [-0.3, -0.25) is 9.59 Å². The van der Waals surface area contributed by atoms with Gasteiger partial charge in [0.2, 0.25) is 11.8 Å². The molecule has 0 unspecified atom stereocenters. The van der Waals surface area contributed by atoms with Crippen molar-refractivity contribution < 1.29 is 9.59 Å². The van der Waals surface area contributed by atoms with E-state index in [4.69, 9.17) is 0 Å². The van der Waals surface area contributed by atoms with Crippen molar-refractivity contribution >= 4 is 23.6 Å². The van der Waals surface area contributed by atoms with Gasteiger partial charge in [-0.25, -0.2) is 0 Å². The first-order valence-corrected chi connectivity index (χ1v) is 13.2. The summed E-state index contributed by atoms with van der Waals surface area (Å²) in [6.45, 7) is 8.54. The molecule has 3 aromatic rings. The largest absolute Gasteiger partial charge is 0.352 e. The van der Waals surface area contributed by atoms with E-state index in [1.54, 1.807) is 4.90 Å². The molecule has 4 nitrogen and oxygen atoms in total. The van der Waals surface area contributed by atoms with Crippen LogP contribution in [0.4, 0.5) is 0 Å². The van der Waals surface area contributed by atoms with Crippen LogP contribution in [0.3, 0.4) is 0 Å². The Labute approximate surface area is 214 Å². The van der Waals surface area contributed by atoms with Gasteiger partial charge in [-0.2, -0.15) is 0 Å². The lowest BCUT2D eigenvalue weighted by Crippen LogP contribution is -2.52. The zero-order valence-electron chi connectivity index (χ0n) is 21.2. The van der Waals surface area contributed by atoms with Crippen molar-refractivity contribution in [2.24, 2.45) is 0 Å². The van der Waals surface area contributed by atoms with Crippen LogP contribution in [0, 0.1) is 13.8 Å². The predicted molar refractivity (Wildman–Crippen MR) is 145 cm³/mol. The number of hydrogen-bond donors (Lipinski definition) is 1. The van der Waals surface area contributed by atoms with Gasteiger partial charge >= 0.3 is 0 Å². The van der Waals surface area contributed by atoms with Crippen molar-refractivity contribution in [3.8, 4) is 0 Å². The summed E-state index contributed by atoms with van der Waals surface area (Å²) in [7, 11) is 0. The van der Waals surface area contributed by atoms with Gasteiger partial charge in [-0.15, -0.1) is 11.8 Å². The highest BCUT2D eigenvalue weighted by Gasteiger charge is 2.31. The van der Waals surface area contributed by atoms with Crippen LogP contribution < -0.4 is 5.32 Å². The third-order valence-corrected chi connectivity index (χ3v) is 7.25. The highest BCUT2D eigenvalue weighted by Crippen LogP contribution is 2.22. The Kier molecular flexibility index (Phi) is 9.98. The minimum absolute atomic E-state index is 0.0399. The van der Waals surface area contributed by atoms with Gasteiger partial charge in [-0.05, 0) is 56.0 Å². The summed E-state index contributed by atoms with van der Waals surface area (Å²) in [6.07, 6.45) is 1.30. The third-order valence-electron chi connectivity index (χ3n) is 6.26. The molecule has 0 heterocycles. The van der Waals surface area contributed by atoms with E-state index >= 15 is 0 Å². The van der Waals surface area contributed by atoms with E-state index in [9.17, 15) is 9.59 Å². The summed E-state index contributed by atoms with van der Waals surface area (Å²) >= 11 is 1.51. The number of aryl methyl sites for hydroxylation is 2. The predicted octanol–water partition coefficient (Wildman–Crippen LogP) is 5.95. The van der Waals surface area contributed by atoms with Crippen LogP contribution >= 0.6 is 11.8 Å². The van der Waals surface area contributed by atoms with Gasteiger partial charge in [0, 0.05) is 23.9 Å². The minimum atomic E-state index is -0.600. The highest BCUT2D eigenvalue weighted by molar-refractivity contribution is 8.00. The molecule has 0 fully saturated rings. The topological polar surface area (TPSA) is 49.4 Å². The summed E-state index contributed by atoms with van der Waals surface area (Å²) in [4.78, 5) is 30.1. The van der Waals surface area contributed by atoms with E-state index in [0.29, 0.717) is 13.0 Å². The Hall–Kier alpha value is -3.05. The first kappa shape index (κ1) is 26.6. The van der Waals surface area contributed by atoms with Crippen LogP contribution in [0.5, 0.6) is 0 Å². The van der Waals surface area contributed by atoms with Crippen molar-refractivity contribution in [1.82, 2.24) is 10.2 Å². The monoisotopic (exact) mass is 488 g/mol. The Morgan fingerprint density at radius 2 is 1.57 bits per heavy atom. The third kappa shape index (κ3) is 8.00. The van der Waals surface area contributed by atoms with Gasteiger partial charge in [-0.1, -0.05) is 79.2 Å². The maximum atomic E-state index is 13.7. The fraction of sp³-hybridized carbons (Fsp3) is 0.333. The first-order valence-electron chi connectivity index (χ1n) is 12.2. The molecule has 0 aromatic heterocycles. The molecule has 0 spiro atoms. The lowest BCUT2D eigenvalue weighted by molar-refractivity contribution is -0.139. The van der Waals surface area contributed by atoms with Crippen LogP contribution in [0.25, 0.3) is 0 Å². The molecule has 184 valence electrons. The van der Waals surface area contributed by atoms with E-state index in [2.05, 4.69) is 17.4 Å². The standard InChI is InChI=1S/C30H36N2O2S/c1-5-24(4)31-30(34)28(19-25-12-7-6-8-13-25)32(20-26-14-10-9-11-23(26)3)29(33)21-35-27-17-15-22(2)16-18-27/h6-18,24,28H,5,19-21H2,1-4H3,(H,31,34)/t24-,28+/m0/s1. The molecule has 2 amide bonds. The van der Waals surface area contributed by atoms with E-state index in [0.717, 1.165) is 28.0 Å². The zero-order valence-corrected chi connectivity index (χ0v) is 22.0. The molecule has 0 saturated carbocycles. The number of thioether (sulfide) groups is 1. The summed E-state index contributed by atoms with van der Waals surface area (Å²) in [5.41, 5.74) is 4.38. The van der Waals surface area contributed by atoms with Crippen LogP contribution in [-0.2, 0) is 22.6 Å². The normalized spacial score (nSPS) is 12.6. The van der Waals surface area contributed by atoms with Crippen molar-refractivity contribution in [2.45, 2.75) is 64.1 Å². The maximum absolute atomic E-state index is 13.7. The number of rotatable bonds is 11. The molecular formula is C30H36N2O2S. The Morgan fingerprint density at radius 3 is 2.23 bits per heavy atom. The Morgan fingerprint density at radius 1 is 0.914 bits per heavy atom. The molecule has 0 aliphatic heterocycles. The second-order valence-electron chi connectivity index (χ2n) is 9.07. The number of nitrogens with one attached hydrogen (secondary N) is 1. The quantitative estimate of drug-likeness (QED) is 0.339. The molecular weight excluding hydrogens is 452 g/mol. The minimum Gasteiger partial charge on any atom is -0.352 e. The van der Waals surface area contributed by atoms with Gasteiger partial charge in [0.15, 0.2) is 0 Å². The fourth-order valence-electron chi connectivity index (χ4n) is 3.83.